The molecule has 1 rings (SSSR count). The van der Waals surface area contributed by atoms with E-state index in [0.717, 1.165) is 32.1 Å². The SMILES string of the molecule is CN=C(NCCCC(C)(C)C)NCC1(CCOC)CCC1.I. The summed E-state index contributed by atoms with van der Waals surface area (Å²) in [6.07, 6.45) is 7.53. The third kappa shape index (κ3) is 8.56. The van der Waals surface area contributed by atoms with Gasteiger partial charge >= 0.3 is 0 Å². The van der Waals surface area contributed by atoms with E-state index in [-0.39, 0.29) is 24.0 Å². The summed E-state index contributed by atoms with van der Waals surface area (Å²) < 4.78 is 5.24. The van der Waals surface area contributed by atoms with Crippen LogP contribution in [0.3, 0.4) is 0 Å². The van der Waals surface area contributed by atoms with Crippen LogP contribution in [0.5, 0.6) is 0 Å². The van der Waals surface area contributed by atoms with Gasteiger partial charge in [0.05, 0.1) is 0 Å². The van der Waals surface area contributed by atoms with Gasteiger partial charge in [0, 0.05) is 33.9 Å². The average molecular weight is 425 g/mol. The van der Waals surface area contributed by atoms with E-state index in [2.05, 4.69) is 36.4 Å². The summed E-state index contributed by atoms with van der Waals surface area (Å²) in [5.41, 5.74) is 0.841. The summed E-state index contributed by atoms with van der Waals surface area (Å²) in [7, 11) is 3.64. The monoisotopic (exact) mass is 425 g/mol. The van der Waals surface area contributed by atoms with Crippen molar-refractivity contribution in [1.29, 1.82) is 0 Å². The lowest BCUT2D eigenvalue weighted by Crippen LogP contribution is -2.47. The van der Waals surface area contributed by atoms with Gasteiger partial charge in [-0.15, -0.1) is 24.0 Å². The molecule has 1 saturated carbocycles. The van der Waals surface area contributed by atoms with Crippen LogP contribution in [-0.4, -0.2) is 39.8 Å². The molecule has 0 aromatic rings. The quantitative estimate of drug-likeness (QED) is 0.269. The lowest BCUT2D eigenvalue weighted by atomic mass is 9.67. The van der Waals surface area contributed by atoms with E-state index >= 15 is 0 Å². The summed E-state index contributed by atoms with van der Waals surface area (Å²) in [5.74, 6) is 0.938. The number of nitrogens with one attached hydrogen (secondary N) is 2. The van der Waals surface area contributed by atoms with E-state index in [1.54, 1.807) is 7.11 Å². The second kappa shape index (κ2) is 10.7. The molecule has 0 saturated heterocycles. The van der Waals surface area contributed by atoms with Crippen molar-refractivity contribution in [2.75, 3.05) is 33.9 Å². The largest absolute Gasteiger partial charge is 0.385 e. The molecule has 1 fully saturated rings. The fourth-order valence-corrected chi connectivity index (χ4v) is 2.83. The van der Waals surface area contributed by atoms with E-state index in [1.165, 1.54) is 32.1 Å². The fraction of sp³-hybridized carbons (Fsp3) is 0.941. The average Bonchev–Trinajstić information content (AvgIpc) is 2.38. The molecule has 0 aromatic heterocycles. The zero-order valence-electron chi connectivity index (χ0n) is 15.1. The number of guanidine groups is 1. The maximum Gasteiger partial charge on any atom is 0.190 e. The van der Waals surface area contributed by atoms with Gasteiger partial charge in [0.25, 0.3) is 0 Å². The van der Waals surface area contributed by atoms with Crippen molar-refractivity contribution in [3.63, 3.8) is 0 Å². The van der Waals surface area contributed by atoms with Gasteiger partial charge < -0.3 is 15.4 Å². The molecule has 22 heavy (non-hydrogen) atoms. The van der Waals surface area contributed by atoms with Crippen molar-refractivity contribution < 1.29 is 4.74 Å². The Hall–Kier alpha value is -0.0400. The molecule has 132 valence electrons. The molecule has 0 aromatic carbocycles. The van der Waals surface area contributed by atoms with Gasteiger partial charge in [-0.2, -0.15) is 0 Å². The van der Waals surface area contributed by atoms with Gasteiger partial charge in [-0.25, -0.2) is 0 Å². The van der Waals surface area contributed by atoms with Crippen molar-refractivity contribution in [3.8, 4) is 0 Å². The maximum atomic E-state index is 5.24. The smallest absolute Gasteiger partial charge is 0.190 e. The lowest BCUT2D eigenvalue weighted by molar-refractivity contribution is 0.0732. The third-order valence-electron chi connectivity index (χ3n) is 4.50. The third-order valence-corrected chi connectivity index (χ3v) is 4.50. The molecule has 0 radical (unpaired) electrons. The van der Waals surface area contributed by atoms with E-state index in [0.29, 0.717) is 10.8 Å². The molecule has 5 heteroatoms. The Labute approximate surface area is 154 Å². The van der Waals surface area contributed by atoms with E-state index in [4.69, 9.17) is 4.74 Å². The van der Waals surface area contributed by atoms with Crippen molar-refractivity contribution >= 4 is 29.9 Å². The Kier molecular flexibility index (Phi) is 10.7. The first kappa shape index (κ1) is 22.0. The number of methoxy groups -OCH3 is 1. The highest BCUT2D eigenvalue weighted by Gasteiger charge is 2.36. The topological polar surface area (TPSA) is 45.7 Å². The molecule has 0 heterocycles. The molecule has 0 amide bonds. The second-order valence-corrected chi connectivity index (χ2v) is 7.61. The van der Waals surface area contributed by atoms with Crippen molar-refractivity contribution in [1.82, 2.24) is 10.6 Å². The van der Waals surface area contributed by atoms with Crippen molar-refractivity contribution in [2.45, 2.75) is 59.3 Å². The van der Waals surface area contributed by atoms with Crippen LogP contribution in [0.15, 0.2) is 4.99 Å². The summed E-state index contributed by atoms with van der Waals surface area (Å²) in [6, 6.07) is 0. The minimum absolute atomic E-state index is 0. The van der Waals surface area contributed by atoms with Gasteiger partial charge in [-0.1, -0.05) is 27.2 Å². The molecular formula is C17H36IN3O. The Morgan fingerprint density at radius 1 is 1.23 bits per heavy atom. The molecule has 0 bridgehead atoms. The minimum atomic E-state index is 0. The van der Waals surface area contributed by atoms with Crippen molar-refractivity contribution in [2.24, 2.45) is 15.8 Å². The normalized spacial score (nSPS) is 17.4. The molecule has 0 unspecified atom stereocenters. The van der Waals surface area contributed by atoms with Crippen LogP contribution in [0, 0.1) is 10.8 Å². The molecule has 2 N–H and O–H groups in total. The van der Waals surface area contributed by atoms with E-state index < -0.39 is 0 Å². The number of ether oxygens (including phenoxy) is 1. The number of aliphatic imine (C=N–C) groups is 1. The van der Waals surface area contributed by atoms with Crippen LogP contribution in [-0.2, 0) is 4.74 Å². The maximum absolute atomic E-state index is 5.24. The summed E-state index contributed by atoms with van der Waals surface area (Å²) >= 11 is 0. The van der Waals surface area contributed by atoms with Gasteiger partial charge in [0.15, 0.2) is 5.96 Å². The summed E-state index contributed by atoms with van der Waals surface area (Å²) in [6.45, 7) is 9.72. The van der Waals surface area contributed by atoms with Gasteiger partial charge in [-0.3, -0.25) is 4.99 Å². The zero-order valence-corrected chi connectivity index (χ0v) is 17.5. The van der Waals surface area contributed by atoms with Crippen LogP contribution < -0.4 is 10.6 Å². The first-order chi connectivity index (χ1) is 9.91. The Bertz CT molecular complexity index is 322. The van der Waals surface area contributed by atoms with Crippen molar-refractivity contribution in [3.05, 3.63) is 0 Å². The predicted molar refractivity (Wildman–Crippen MR) is 106 cm³/mol. The molecular weight excluding hydrogens is 389 g/mol. The molecule has 4 nitrogen and oxygen atoms in total. The van der Waals surface area contributed by atoms with Gasteiger partial charge in [0.1, 0.15) is 0 Å². The second-order valence-electron chi connectivity index (χ2n) is 7.61. The number of hydrogen-bond acceptors (Lipinski definition) is 2. The first-order valence-electron chi connectivity index (χ1n) is 8.34. The number of halogens is 1. The first-order valence-corrected chi connectivity index (χ1v) is 8.34. The summed E-state index contributed by atoms with van der Waals surface area (Å²) in [5, 5.41) is 6.93. The number of hydrogen-bond donors (Lipinski definition) is 2. The van der Waals surface area contributed by atoms with Crippen LogP contribution in [0.25, 0.3) is 0 Å². The van der Waals surface area contributed by atoms with E-state index in [9.17, 15) is 0 Å². The Morgan fingerprint density at radius 2 is 1.91 bits per heavy atom. The lowest BCUT2D eigenvalue weighted by Gasteiger charge is -2.42. The van der Waals surface area contributed by atoms with Crippen LogP contribution >= 0.6 is 24.0 Å². The Balaban J connectivity index is 0.00000441. The fourth-order valence-electron chi connectivity index (χ4n) is 2.83. The molecule has 0 aliphatic heterocycles. The van der Waals surface area contributed by atoms with Gasteiger partial charge in [0.2, 0.25) is 0 Å². The van der Waals surface area contributed by atoms with E-state index in [1.807, 2.05) is 7.05 Å². The highest BCUT2D eigenvalue weighted by Crippen LogP contribution is 2.43. The molecule has 1 aliphatic rings. The minimum Gasteiger partial charge on any atom is -0.385 e. The van der Waals surface area contributed by atoms with Crippen LogP contribution in [0.1, 0.15) is 59.3 Å². The van der Waals surface area contributed by atoms with Gasteiger partial charge in [-0.05, 0) is 42.9 Å². The Morgan fingerprint density at radius 3 is 2.36 bits per heavy atom. The number of nitrogens with zero attached hydrogens (tertiary/aromatic N) is 1. The molecule has 1 aliphatic carbocycles. The number of rotatable bonds is 8. The summed E-state index contributed by atoms with van der Waals surface area (Å²) in [4.78, 5) is 4.33. The molecule has 0 spiro atoms. The molecule has 0 atom stereocenters. The standard InChI is InChI=1S/C17H35N3O.HI/c1-16(2,3)8-7-12-19-15(18-4)20-14-17(9-6-10-17)11-13-21-5;/h6-14H2,1-5H3,(H2,18,19,20);1H. The van der Waals surface area contributed by atoms with Crippen LogP contribution in [0.4, 0.5) is 0 Å². The predicted octanol–water partition coefficient (Wildman–Crippen LogP) is 3.80. The zero-order chi connectivity index (χ0) is 15.8. The highest BCUT2D eigenvalue weighted by molar-refractivity contribution is 14.0. The highest BCUT2D eigenvalue weighted by atomic mass is 127. The van der Waals surface area contributed by atoms with Crippen LogP contribution in [0.2, 0.25) is 0 Å².